The molecule has 1 aliphatic rings. The van der Waals surface area contributed by atoms with Crippen LogP contribution in [0.25, 0.3) is 5.65 Å². The summed E-state index contributed by atoms with van der Waals surface area (Å²) in [5.41, 5.74) is 0.0929. The van der Waals surface area contributed by atoms with E-state index in [1.165, 1.54) is 30.3 Å². The van der Waals surface area contributed by atoms with Gasteiger partial charge in [0, 0.05) is 24.8 Å². The number of benzene rings is 1. The van der Waals surface area contributed by atoms with E-state index in [0.717, 1.165) is 4.40 Å². The summed E-state index contributed by atoms with van der Waals surface area (Å²) in [4.78, 5) is 50.0. The number of aryl methyl sites for hydroxylation is 1. The van der Waals surface area contributed by atoms with Crippen molar-refractivity contribution in [2.45, 2.75) is 39.8 Å². The van der Waals surface area contributed by atoms with Crippen molar-refractivity contribution in [3.05, 3.63) is 70.4 Å². The van der Waals surface area contributed by atoms with Crippen LogP contribution in [0.3, 0.4) is 0 Å². The molecule has 4 heterocycles. The van der Waals surface area contributed by atoms with Crippen LogP contribution in [0.1, 0.15) is 58.8 Å². The molecule has 1 aromatic carbocycles. The van der Waals surface area contributed by atoms with Gasteiger partial charge in [-0.15, -0.1) is 0 Å². The van der Waals surface area contributed by atoms with Gasteiger partial charge in [0.25, 0.3) is 11.8 Å². The van der Waals surface area contributed by atoms with E-state index >= 15 is 4.39 Å². The van der Waals surface area contributed by atoms with Gasteiger partial charge in [-0.05, 0) is 49.6 Å². The van der Waals surface area contributed by atoms with Crippen molar-refractivity contribution in [1.29, 1.82) is 0 Å². The number of aromatic nitrogens is 5. The molecule has 0 aliphatic carbocycles. The van der Waals surface area contributed by atoms with E-state index in [4.69, 9.17) is 21.1 Å². The molecule has 238 valence electrons. The first-order valence-electron chi connectivity index (χ1n) is 14.5. The number of imidazole rings is 1. The number of carbonyl (C=O) groups is 3. The summed E-state index contributed by atoms with van der Waals surface area (Å²) in [6, 6.07) is 7.33. The number of hydrogen-bond donors (Lipinski definition) is 2. The van der Waals surface area contributed by atoms with E-state index in [1.54, 1.807) is 29.8 Å². The van der Waals surface area contributed by atoms with Crippen molar-refractivity contribution in [3.8, 4) is 11.5 Å². The molecule has 0 radical (unpaired) electrons. The Morgan fingerprint density at radius 1 is 1.18 bits per heavy atom. The Balaban J connectivity index is 1.48. The molecule has 0 saturated heterocycles. The fraction of sp³-hybridized carbons (Fsp3) is 0.400. The molecule has 0 spiro atoms. The van der Waals surface area contributed by atoms with Crippen LogP contribution in [0.5, 0.6) is 11.5 Å². The number of ether oxygens (including phenoxy) is 2. The second-order valence-electron chi connectivity index (χ2n) is 10.9. The quantitative estimate of drug-likeness (QED) is 0.347. The average Bonchev–Trinajstić information content (AvgIpc) is 3.54. The van der Waals surface area contributed by atoms with Gasteiger partial charge in [0.2, 0.25) is 11.9 Å². The number of nitrogens with zero attached hydrogens (tertiary/aromatic N) is 6. The molecule has 0 fully saturated rings. The molecule has 1 atom stereocenters. The summed E-state index contributed by atoms with van der Waals surface area (Å²) in [6.07, 6.45) is 1.59. The van der Waals surface area contributed by atoms with E-state index in [-0.39, 0.29) is 61.7 Å². The molecule has 3 amide bonds. The van der Waals surface area contributed by atoms with Crippen molar-refractivity contribution in [1.82, 2.24) is 39.7 Å². The maximum atomic E-state index is 15.4. The standard InChI is InChI=1S/C30H34ClFN8O5/c1-17(2)25-28-34-18(3)37-40(28)12-13-45-22-14-19(6-8-21(22)44-4)29(42)33-10-5-11-38(16-24(41)36-25)30(43)26-27(32)39-15-20(31)7-9-23(39)35-26/h6-9,14-15,17,25H,5,10-13,16H2,1-4H3,(H,33,42)(H,36,41)/t25-/m0/s1. The maximum absolute atomic E-state index is 15.4. The summed E-state index contributed by atoms with van der Waals surface area (Å²) in [5.74, 6) is -0.761. The lowest BCUT2D eigenvalue weighted by Gasteiger charge is -2.26. The molecule has 3 aromatic heterocycles. The molecule has 2 bridgehead atoms. The number of rotatable bonds is 3. The van der Waals surface area contributed by atoms with Crippen molar-refractivity contribution in [2.24, 2.45) is 5.92 Å². The monoisotopic (exact) mass is 640 g/mol. The zero-order chi connectivity index (χ0) is 32.2. The van der Waals surface area contributed by atoms with Crippen LogP contribution in [0.2, 0.25) is 5.02 Å². The van der Waals surface area contributed by atoms with E-state index < -0.39 is 29.5 Å². The first-order chi connectivity index (χ1) is 21.5. The lowest BCUT2D eigenvalue weighted by atomic mass is 10.0. The average molecular weight is 641 g/mol. The highest BCUT2D eigenvalue weighted by Crippen LogP contribution is 2.28. The third-order valence-corrected chi connectivity index (χ3v) is 7.52. The van der Waals surface area contributed by atoms with Gasteiger partial charge in [-0.1, -0.05) is 25.4 Å². The molecule has 15 heteroatoms. The first-order valence-corrected chi connectivity index (χ1v) is 14.9. The van der Waals surface area contributed by atoms with E-state index in [0.29, 0.717) is 28.7 Å². The molecular weight excluding hydrogens is 607 g/mol. The van der Waals surface area contributed by atoms with Crippen molar-refractivity contribution >= 4 is 35.0 Å². The van der Waals surface area contributed by atoms with Crippen LogP contribution in [0.15, 0.2) is 36.5 Å². The second kappa shape index (κ2) is 13.5. The minimum absolute atomic E-state index is 0.0270. The smallest absolute Gasteiger partial charge is 0.277 e. The van der Waals surface area contributed by atoms with Crippen LogP contribution in [-0.4, -0.2) is 80.1 Å². The fourth-order valence-electron chi connectivity index (χ4n) is 5.06. The minimum atomic E-state index is -0.896. The van der Waals surface area contributed by atoms with Crippen LogP contribution in [0.4, 0.5) is 4.39 Å². The third-order valence-electron chi connectivity index (χ3n) is 7.29. The molecule has 2 N–H and O–H groups in total. The van der Waals surface area contributed by atoms with Crippen LogP contribution >= 0.6 is 11.6 Å². The predicted molar refractivity (Wildman–Crippen MR) is 162 cm³/mol. The van der Waals surface area contributed by atoms with E-state index in [1.807, 2.05) is 13.8 Å². The number of nitrogens with one attached hydrogen (secondary N) is 2. The van der Waals surface area contributed by atoms with E-state index in [2.05, 4.69) is 25.7 Å². The Labute approximate surface area is 263 Å². The van der Waals surface area contributed by atoms with Crippen molar-refractivity contribution in [2.75, 3.05) is 33.4 Å². The predicted octanol–water partition coefficient (Wildman–Crippen LogP) is 3.20. The zero-order valence-corrected chi connectivity index (χ0v) is 26.1. The number of amides is 3. The molecule has 45 heavy (non-hydrogen) atoms. The number of hydrogen-bond acceptors (Lipinski definition) is 8. The van der Waals surface area contributed by atoms with Gasteiger partial charge in [-0.25, -0.2) is 14.6 Å². The summed E-state index contributed by atoms with van der Waals surface area (Å²) in [5, 5.41) is 10.6. The zero-order valence-electron chi connectivity index (χ0n) is 25.3. The highest BCUT2D eigenvalue weighted by Gasteiger charge is 2.29. The Hall–Kier alpha value is -4.72. The van der Waals surface area contributed by atoms with Crippen LogP contribution < -0.4 is 20.1 Å². The van der Waals surface area contributed by atoms with Gasteiger partial charge in [0.1, 0.15) is 23.9 Å². The highest BCUT2D eigenvalue weighted by atomic mass is 35.5. The molecule has 0 unspecified atom stereocenters. The number of methoxy groups -OCH3 is 1. The molecular formula is C30H34ClFN8O5. The van der Waals surface area contributed by atoms with Crippen molar-refractivity contribution < 1.29 is 28.2 Å². The summed E-state index contributed by atoms with van der Waals surface area (Å²) < 4.78 is 29.5. The van der Waals surface area contributed by atoms with Crippen LogP contribution in [-0.2, 0) is 11.3 Å². The Morgan fingerprint density at radius 3 is 2.73 bits per heavy atom. The largest absolute Gasteiger partial charge is 0.493 e. The normalized spacial score (nSPS) is 16.8. The van der Waals surface area contributed by atoms with Gasteiger partial charge in [-0.2, -0.15) is 9.49 Å². The molecule has 5 rings (SSSR count). The number of pyridine rings is 1. The first kappa shape index (κ1) is 31.7. The summed E-state index contributed by atoms with van der Waals surface area (Å²) >= 11 is 6.02. The SMILES string of the molecule is COc1ccc2cc1OCCn1nc(C)nc1[C@H](C(C)C)NC(=O)CN(C(=O)c1nc3ccc(Cl)cn3c1F)CCCNC2=O. The Kier molecular flexibility index (Phi) is 9.51. The number of fused-ring (bicyclic) bond motifs is 4. The molecule has 13 nitrogen and oxygen atoms in total. The highest BCUT2D eigenvalue weighted by molar-refractivity contribution is 6.30. The van der Waals surface area contributed by atoms with Gasteiger partial charge < -0.3 is 25.0 Å². The fourth-order valence-corrected chi connectivity index (χ4v) is 5.22. The third kappa shape index (κ3) is 7.00. The number of carbonyl (C=O) groups excluding carboxylic acids is 3. The Bertz CT molecular complexity index is 1740. The lowest BCUT2D eigenvalue weighted by Crippen LogP contribution is -2.44. The molecule has 0 saturated carbocycles. The Morgan fingerprint density at radius 2 is 1.98 bits per heavy atom. The minimum Gasteiger partial charge on any atom is -0.493 e. The second-order valence-corrected chi connectivity index (χ2v) is 11.3. The van der Waals surface area contributed by atoms with E-state index in [9.17, 15) is 14.4 Å². The van der Waals surface area contributed by atoms with Gasteiger partial charge in [0.05, 0.1) is 31.3 Å². The van der Waals surface area contributed by atoms with Gasteiger partial charge in [-0.3, -0.25) is 18.8 Å². The van der Waals surface area contributed by atoms with Gasteiger partial charge >= 0.3 is 0 Å². The van der Waals surface area contributed by atoms with Gasteiger partial charge in [0.15, 0.2) is 17.2 Å². The summed E-state index contributed by atoms with van der Waals surface area (Å²) in [7, 11) is 1.51. The lowest BCUT2D eigenvalue weighted by molar-refractivity contribution is -0.123. The van der Waals surface area contributed by atoms with Crippen molar-refractivity contribution in [3.63, 3.8) is 0 Å². The molecule has 4 aromatic rings. The topological polar surface area (TPSA) is 145 Å². The summed E-state index contributed by atoms with van der Waals surface area (Å²) in [6.45, 7) is 5.89. The maximum Gasteiger partial charge on any atom is 0.277 e. The van der Waals surface area contributed by atoms with Crippen LogP contribution in [0, 0.1) is 18.8 Å². The molecule has 1 aliphatic heterocycles. The number of halogens is 2.